The average Bonchev–Trinajstić information content (AvgIpc) is 3.67. The highest BCUT2D eigenvalue weighted by atomic mass is 32.1. The molecule has 0 unspecified atom stereocenters. The Morgan fingerprint density at radius 1 is 0.623 bits per heavy atom. The van der Waals surface area contributed by atoms with E-state index in [1.807, 2.05) is 42.5 Å². The number of carboxylic acid groups (broad SMARTS) is 1. The second-order valence-electron chi connectivity index (χ2n) is 11.5. The number of fused-ring (bicyclic) bond motifs is 16. The van der Waals surface area contributed by atoms with Crippen LogP contribution >= 0.6 is 11.3 Å². The first-order valence-corrected chi connectivity index (χ1v) is 17.6. The van der Waals surface area contributed by atoms with Gasteiger partial charge in [-0.1, -0.05) is 115 Å². The van der Waals surface area contributed by atoms with Gasteiger partial charge in [0.05, 0.1) is 19.6 Å². The summed E-state index contributed by atoms with van der Waals surface area (Å²) in [5, 5.41) is 20.6. The fourth-order valence-corrected chi connectivity index (χ4v) is 4.92. The molecule has 2 bridgehead atoms. The van der Waals surface area contributed by atoms with Crippen molar-refractivity contribution in [2.75, 3.05) is 26.2 Å². The number of amides is 4. The molecule has 1 aromatic heterocycles. The Hall–Kier alpha value is -6.27. The topological polar surface area (TPSA) is 163 Å². The van der Waals surface area contributed by atoms with E-state index in [-0.39, 0.29) is 19.6 Å². The van der Waals surface area contributed by atoms with E-state index in [0.717, 1.165) is 0 Å². The normalized spacial score (nSPS) is 14.7. The largest absolute Gasteiger partial charge is 0.484 e. The molecule has 11 nitrogen and oxygen atoms in total. The molecule has 3 heterocycles. The van der Waals surface area contributed by atoms with Crippen molar-refractivity contribution < 1.29 is 33.8 Å². The van der Waals surface area contributed by atoms with Gasteiger partial charge in [0.25, 0.3) is 5.91 Å². The van der Waals surface area contributed by atoms with Crippen molar-refractivity contribution >= 4 is 40.9 Å². The Kier molecular flexibility index (Phi) is 18.1. The summed E-state index contributed by atoms with van der Waals surface area (Å²) in [5.41, 5.74) is 4.50. The monoisotopic (exact) mass is 736 g/mol. The molecule has 0 saturated heterocycles. The molecule has 0 saturated carbocycles. The molecule has 7 rings (SSSR count). The Bertz CT molecular complexity index is 1810. The van der Waals surface area contributed by atoms with Crippen molar-refractivity contribution in [3.05, 3.63) is 149 Å². The lowest BCUT2D eigenvalue weighted by molar-refractivity contribution is -0.141. The van der Waals surface area contributed by atoms with Crippen LogP contribution in [0.5, 0.6) is 5.75 Å². The van der Waals surface area contributed by atoms with E-state index in [9.17, 15) is 29.1 Å². The Labute approximate surface area is 313 Å². The van der Waals surface area contributed by atoms with Gasteiger partial charge in [0.15, 0.2) is 6.61 Å². The molecule has 53 heavy (non-hydrogen) atoms. The van der Waals surface area contributed by atoms with Crippen LogP contribution in [0.1, 0.15) is 16.0 Å². The van der Waals surface area contributed by atoms with Crippen LogP contribution in [0.15, 0.2) is 133 Å². The van der Waals surface area contributed by atoms with Gasteiger partial charge in [-0.05, 0) is 54.1 Å². The predicted octanol–water partition coefficient (Wildman–Crippen LogP) is 4.94. The van der Waals surface area contributed by atoms with E-state index in [0.29, 0.717) is 11.3 Å². The number of carboxylic acids is 1. The SMILES string of the molecule is Cc1ccc(-c2ccccc2)cc1.Cc1cccs1.O=C1CNC(=O)COc2ccc(cc2)C[C@@H](C(=O)O)NC(=O)CNC(=O)CN1.c1ccccc1. The van der Waals surface area contributed by atoms with Gasteiger partial charge in [-0.15, -0.1) is 11.3 Å². The minimum Gasteiger partial charge on any atom is -0.484 e. The Morgan fingerprint density at radius 2 is 1.13 bits per heavy atom. The van der Waals surface area contributed by atoms with Crippen LogP contribution in [0.4, 0.5) is 0 Å². The zero-order valence-electron chi connectivity index (χ0n) is 29.6. The first-order chi connectivity index (χ1) is 25.6. The van der Waals surface area contributed by atoms with Crippen molar-refractivity contribution in [2.45, 2.75) is 26.3 Å². The van der Waals surface area contributed by atoms with E-state index in [4.69, 9.17) is 4.74 Å². The zero-order valence-corrected chi connectivity index (χ0v) is 30.4. The molecule has 4 aromatic carbocycles. The number of rotatable bonds is 2. The molecule has 5 aromatic rings. The van der Waals surface area contributed by atoms with Crippen LogP contribution < -0.4 is 26.0 Å². The Balaban J connectivity index is 0.000000243. The highest BCUT2D eigenvalue weighted by Crippen LogP contribution is 2.18. The lowest BCUT2D eigenvalue weighted by Gasteiger charge is -2.15. The first-order valence-electron chi connectivity index (χ1n) is 16.7. The van der Waals surface area contributed by atoms with Gasteiger partial charge in [-0.2, -0.15) is 0 Å². The zero-order chi connectivity index (χ0) is 38.3. The summed E-state index contributed by atoms with van der Waals surface area (Å²) >= 11 is 1.78. The molecule has 2 aliphatic heterocycles. The summed E-state index contributed by atoms with van der Waals surface area (Å²) in [7, 11) is 0. The van der Waals surface area contributed by atoms with E-state index in [1.54, 1.807) is 35.6 Å². The quantitative estimate of drug-likeness (QED) is 0.160. The summed E-state index contributed by atoms with van der Waals surface area (Å²) in [5.74, 6) is -3.29. The lowest BCUT2D eigenvalue weighted by Crippen LogP contribution is -2.48. The molecule has 276 valence electrons. The van der Waals surface area contributed by atoms with Crippen molar-refractivity contribution in [1.82, 2.24) is 21.3 Å². The van der Waals surface area contributed by atoms with Crippen LogP contribution in [0.3, 0.4) is 0 Å². The van der Waals surface area contributed by atoms with Crippen LogP contribution in [-0.4, -0.2) is 67.0 Å². The Morgan fingerprint density at radius 3 is 1.62 bits per heavy atom. The van der Waals surface area contributed by atoms with Crippen LogP contribution in [0.2, 0.25) is 0 Å². The fourth-order valence-electron chi connectivity index (χ4n) is 4.39. The summed E-state index contributed by atoms with van der Waals surface area (Å²) < 4.78 is 5.29. The summed E-state index contributed by atoms with van der Waals surface area (Å²) in [6, 6.07) is 40.3. The molecule has 1 atom stereocenters. The summed E-state index contributed by atoms with van der Waals surface area (Å²) in [4.78, 5) is 59.6. The second kappa shape index (κ2) is 23.3. The van der Waals surface area contributed by atoms with Gasteiger partial charge >= 0.3 is 5.97 Å². The van der Waals surface area contributed by atoms with E-state index < -0.39 is 48.7 Å². The smallest absolute Gasteiger partial charge is 0.326 e. The van der Waals surface area contributed by atoms with Gasteiger partial charge in [-0.3, -0.25) is 19.2 Å². The highest BCUT2D eigenvalue weighted by Gasteiger charge is 2.21. The van der Waals surface area contributed by atoms with Crippen molar-refractivity contribution in [2.24, 2.45) is 0 Å². The van der Waals surface area contributed by atoms with Crippen LogP contribution in [0, 0.1) is 13.8 Å². The number of thiophene rings is 1. The molecule has 12 heteroatoms. The highest BCUT2D eigenvalue weighted by molar-refractivity contribution is 7.09. The van der Waals surface area contributed by atoms with Crippen molar-refractivity contribution in [1.29, 1.82) is 0 Å². The number of carbonyl (C=O) groups is 5. The second-order valence-corrected chi connectivity index (χ2v) is 12.7. The average molecular weight is 737 g/mol. The molecule has 4 amide bonds. The maximum absolute atomic E-state index is 11.9. The van der Waals surface area contributed by atoms with E-state index >= 15 is 0 Å². The van der Waals surface area contributed by atoms with E-state index in [2.05, 4.69) is 101 Å². The number of ether oxygens (including phenoxy) is 1. The van der Waals surface area contributed by atoms with Gasteiger partial charge in [0.2, 0.25) is 17.7 Å². The molecule has 0 radical (unpaired) electrons. The number of aliphatic carboxylic acids is 1. The number of aryl methyl sites for hydroxylation is 2. The molecular formula is C41H44N4O7S. The number of benzene rings is 4. The number of hydrogen-bond donors (Lipinski definition) is 5. The number of hydrogen-bond acceptors (Lipinski definition) is 7. The van der Waals surface area contributed by atoms with Crippen LogP contribution in [0.25, 0.3) is 11.1 Å². The molecule has 5 N–H and O–H groups in total. The van der Waals surface area contributed by atoms with E-state index in [1.165, 1.54) is 21.6 Å². The van der Waals surface area contributed by atoms with Gasteiger partial charge in [0, 0.05) is 11.3 Å². The lowest BCUT2D eigenvalue weighted by atomic mass is 10.0. The van der Waals surface area contributed by atoms with Crippen molar-refractivity contribution in [3.63, 3.8) is 0 Å². The minimum atomic E-state index is -1.23. The maximum atomic E-state index is 11.9. The first kappa shape index (κ1) is 41.2. The number of carbonyl (C=O) groups excluding carboxylic acids is 4. The van der Waals surface area contributed by atoms with Gasteiger partial charge in [0.1, 0.15) is 11.8 Å². The van der Waals surface area contributed by atoms with Crippen LogP contribution in [-0.2, 0) is 30.4 Å². The molecular weight excluding hydrogens is 693 g/mol. The van der Waals surface area contributed by atoms with Gasteiger partial charge < -0.3 is 31.1 Å². The molecule has 0 fully saturated rings. The third-order valence-corrected chi connectivity index (χ3v) is 7.99. The number of nitrogens with one attached hydrogen (secondary N) is 4. The maximum Gasteiger partial charge on any atom is 0.326 e. The summed E-state index contributed by atoms with van der Waals surface area (Å²) in [6.07, 6.45) is 0.0197. The standard InChI is InChI=1S/C17H20N4O7.C13H12.C6H6.C5H6S/c22-13-6-18-14(23)7-20-16(25)9-28-11-3-1-10(2-4-11)5-12(17(26)27)21-15(24)8-19-13;1-11-7-9-13(10-8-11)12-5-3-2-4-6-12;1-2-4-6-5-3-1;1-5-3-2-4-6-5/h1-4,12H,5-9H2,(H,18,23)(H,19,22)(H,20,25)(H,21,24)(H,26,27);2-10H,1H3;1-6H;2-4H,1H3/t12-;;;/m0.../s1. The van der Waals surface area contributed by atoms with Crippen molar-refractivity contribution in [3.8, 4) is 16.9 Å². The fraction of sp³-hybridized carbons (Fsp3) is 0.195. The summed E-state index contributed by atoms with van der Waals surface area (Å²) in [6.45, 7) is 2.71. The molecule has 0 aliphatic carbocycles. The molecule has 0 spiro atoms. The minimum absolute atomic E-state index is 0.0197. The van der Waals surface area contributed by atoms with Gasteiger partial charge in [-0.25, -0.2) is 4.79 Å². The third-order valence-electron chi connectivity index (χ3n) is 7.19. The predicted molar refractivity (Wildman–Crippen MR) is 206 cm³/mol. The third kappa shape index (κ3) is 17.5. The molecule has 2 aliphatic rings.